The molecule has 0 heterocycles. The molecule has 0 spiro atoms. The number of hydrogen-bond acceptors (Lipinski definition) is 0. The summed E-state index contributed by atoms with van der Waals surface area (Å²) in [4.78, 5) is 0. The average Bonchev–Trinajstić information content (AvgIpc) is 2.47. The SMILES string of the molecule is FC1(F)CCC(c2ccc(Cl)cc2)C1. The molecule has 76 valence electrons. The normalized spacial score (nSPS) is 25.2. The molecule has 2 rings (SSSR count). The molecule has 0 nitrogen and oxygen atoms in total. The molecule has 1 aromatic rings. The van der Waals surface area contributed by atoms with Crippen molar-refractivity contribution in [2.24, 2.45) is 0 Å². The van der Waals surface area contributed by atoms with Crippen LogP contribution in [0.5, 0.6) is 0 Å². The van der Waals surface area contributed by atoms with Crippen LogP contribution in [0, 0.1) is 0 Å². The second-order valence-corrected chi connectivity index (χ2v) is 4.28. The Morgan fingerprint density at radius 1 is 1.21 bits per heavy atom. The summed E-state index contributed by atoms with van der Waals surface area (Å²) in [7, 11) is 0. The molecule has 0 amide bonds. The largest absolute Gasteiger partial charge is 0.248 e. The Morgan fingerprint density at radius 3 is 2.36 bits per heavy atom. The van der Waals surface area contributed by atoms with Crippen LogP contribution in [0.25, 0.3) is 0 Å². The first kappa shape index (κ1) is 9.91. The minimum absolute atomic E-state index is 0.00210. The maximum atomic E-state index is 12.9. The first-order valence-corrected chi connectivity index (χ1v) is 5.08. The number of halogens is 3. The number of rotatable bonds is 1. The molecule has 3 heteroatoms. The van der Waals surface area contributed by atoms with Gasteiger partial charge in [0.1, 0.15) is 0 Å². The third kappa shape index (κ3) is 2.06. The minimum atomic E-state index is -2.47. The van der Waals surface area contributed by atoms with E-state index in [1.165, 1.54) is 0 Å². The lowest BCUT2D eigenvalue weighted by Crippen LogP contribution is -2.09. The van der Waals surface area contributed by atoms with Crippen LogP contribution in [0.3, 0.4) is 0 Å². The van der Waals surface area contributed by atoms with Gasteiger partial charge in [0, 0.05) is 17.9 Å². The summed E-state index contributed by atoms with van der Waals surface area (Å²) in [6, 6.07) is 7.20. The molecule has 1 fully saturated rings. The van der Waals surface area contributed by atoms with E-state index in [1.54, 1.807) is 12.1 Å². The highest BCUT2D eigenvalue weighted by atomic mass is 35.5. The maximum absolute atomic E-state index is 12.9. The van der Waals surface area contributed by atoms with E-state index in [0.717, 1.165) is 5.56 Å². The minimum Gasteiger partial charge on any atom is -0.207 e. The first-order valence-electron chi connectivity index (χ1n) is 4.70. The molecular formula is C11H11ClF2. The van der Waals surface area contributed by atoms with Gasteiger partial charge >= 0.3 is 0 Å². The zero-order chi connectivity index (χ0) is 10.2. The Hall–Kier alpha value is -0.630. The van der Waals surface area contributed by atoms with Crippen molar-refractivity contribution in [3.63, 3.8) is 0 Å². The van der Waals surface area contributed by atoms with Crippen LogP contribution >= 0.6 is 11.6 Å². The van der Waals surface area contributed by atoms with Crippen LogP contribution in [0.4, 0.5) is 8.78 Å². The predicted molar refractivity (Wildman–Crippen MR) is 53.0 cm³/mol. The summed E-state index contributed by atoms with van der Waals surface area (Å²) in [5, 5.41) is 0.651. The van der Waals surface area contributed by atoms with E-state index in [9.17, 15) is 8.78 Å². The smallest absolute Gasteiger partial charge is 0.207 e. The highest BCUT2D eigenvalue weighted by Crippen LogP contribution is 2.44. The summed E-state index contributed by atoms with van der Waals surface area (Å²) >= 11 is 5.73. The maximum Gasteiger partial charge on any atom is 0.248 e. The number of benzene rings is 1. The lowest BCUT2D eigenvalue weighted by Gasteiger charge is -2.10. The second-order valence-electron chi connectivity index (χ2n) is 3.85. The Kier molecular flexibility index (Phi) is 2.48. The van der Waals surface area contributed by atoms with Crippen molar-refractivity contribution in [1.82, 2.24) is 0 Å². The Balaban J connectivity index is 2.14. The van der Waals surface area contributed by atoms with Gasteiger partial charge in [-0.1, -0.05) is 23.7 Å². The molecule has 0 bridgehead atoms. The highest BCUT2D eigenvalue weighted by Gasteiger charge is 2.39. The Morgan fingerprint density at radius 2 is 1.86 bits per heavy atom. The lowest BCUT2D eigenvalue weighted by molar-refractivity contribution is 0.00777. The molecular weight excluding hydrogens is 206 g/mol. The van der Waals surface area contributed by atoms with E-state index >= 15 is 0 Å². The molecule has 0 saturated heterocycles. The Labute approximate surface area is 86.9 Å². The number of alkyl halides is 2. The van der Waals surface area contributed by atoms with Gasteiger partial charge in [-0.25, -0.2) is 8.78 Å². The van der Waals surface area contributed by atoms with Crippen molar-refractivity contribution in [3.05, 3.63) is 34.9 Å². The van der Waals surface area contributed by atoms with Crippen molar-refractivity contribution in [3.8, 4) is 0 Å². The van der Waals surface area contributed by atoms with E-state index in [1.807, 2.05) is 12.1 Å². The van der Waals surface area contributed by atoms with Gasteiger partial charge in [-0.15, -0.1) is 0 Å². The molecule has 1 aliphatic rings. The topological polar surface area (TPSA) is 0 Å². The molecule has 14 heavy (non-hydrogen) atoms. The van der Waals surface area contributed by atoms with Crippen molar-refractivity contribution < 1.29 is 8.78 Å². The molecule has 1 unspecified atom stereocenters. The Bertz CT molecular complexity index is 319. The fraction of sp³-hybridized carbons (Fsp3) is 0.455. The summed E-state index contributed by atoms with van der Waals surface area (Å²) < 4.78 is 25.9. The van der Waals surface area contributed by atoms with Gasteiger partial charge in [0.15, 0.2) is 0 Å². The van der Waals surface area contributed by atoms with Gasteiger partial charge in [-0.05, 0) is 30.0 Å². The molecule has 0 aromatic heterocycles. The first-order chi connectivity index (χ1) is 6.57. The summed E-state index contributed by atoms with van der Waals surface area (Å²) in [6.45, 7) is 0. The van der Waals surface area contributed by atoms with Gasteiger partial charge in [0.05, 0.1) is 0 Å². The quantitative estimate of drug-likeness (QED) is 0.659. The summed E-state index contributed by atoms with van der Waals surface area (Å²) in [5.41, 5.74) is 0.978. The van der Waals surface area contributed by atoms with Gasteiger partial charge in [0.2, 0.25) is 5.92 Å². The lowest BCUT2D eigenvalue weighted by atomic mass is 9.98. The van der Waals surface area contributed by atoms with Crippen molar-refractivity contribution in [2.45, 2.75) is 31.1 Å². The van der Waals surface area contributed by atoms with E-state index in [2.05, 4.69) is 0 Å². The average molecular weight is 217 g/mol. The summed E-state index contributed by atoms with van der Waals surface area (Å²) in [5.74, 6) is -2.47. The van der Waals surface area contributed by atoms with Crippen LogP contribution in [0.15, 0.2) is 24.3 Å². The number of hydrogen-bond donors (Lipinski definition) is 0. The zero-order valence-electron chi connectivity index (χ0n) is 7.64. The van der Waals surface area contributed by atoms with E-state index < -0.39 is 5.92 Å². The molecule has 1 aromatic carbocycles. The van der Waals surface area contributed by atoms with Crippen LogP contribution in [0.2, 0.25) is 5.02 Å². The van der Waals surface area contributed by atoms with Crippen LogP contribution in [-0.4, -0.2) is 5.92 Å². The summed E-state index contributed by atoms with van der Waals surface area (Å²) in [6.07, 6.45) is 0.573. The van der Waals surface area contributed by atoms with E-state index in [-0.39, 0.29) is 18.8 Å². The molecule has 1 atom stereocenters. The zero-order valence-corrected chi connectivity index (χ0v) is 8.40. The van der Waals surface area contributed by atoms with Gasteiger partial charge in [-0.3, -0.25) is 0 Å². The van der Waals surface area contributed by atoms with E-state index in [0.29, 0.717) is 11.4 Å². The van der Waals surface area contributed by atoms with Crippen molar-refractivity contribution in [1.29, 1.82) is 0 Å². The van der Waals surface area contributed by atoms with Gasteiger partial charge < -0.3 is 0 Å². The second kappa shape index (κ2) is 3.50. The highest BCUT2D eigenvalue weighted by molar-refractivity contribution is 6.30. The van der Waals surface area contributed by atoms with Crippen molar-refractivity contribution in [2.75, 3.05) is 0 Å². The van der Waals surface area contributed by atoms with Crippen LogP contribution in [0.1, 0.15) is 30.7 Å². The van der Waals surface area contributed by atoms with Gasteiger partial charge in [0.25, 0.3) is 0 Å². The molecule has 1 saturated carbocycles. The molecule has 0 aliphatic heterocycles. The molecule has 0 N–H and O–H groups in total. The molecule has 1 aliphatic carbocycles. The standard InChI is InChI=1S/C11H11ClF2/c12-10-3-1-8(2-4-10)9-5-6-11(13,14)7-9/h1-4,9H,5-7H2. The van der Waals surface area contributed by atoms with Crippen molar-refractivity contribution >= 4 is 11.6 Å². The predicted octanol–water partition coefficient (Wildman–Crippen LogP) is 4.24. The third-order valence-electron chi connectivity index (χ3n) is 2.75. The fourth-order valence-electron chi connectivity index (χ4n) is 1.97. The van der Waals surface area contributed by atoms with Crippen LogP contribution < -0.4 is 0 Å². The fourth-order valence-corrected chi connectivity index (χ4v) is 2.10. The monoisotopic (exact) mass is 216 g/mol. The van der Waals surface area contributed by atoms with Crippen LogP contribution in [-0.2, 0) is 0 Å². The van der Waals surface area contributed by atoms with Gasteiger partial charge in [-0.2, -0.15) is 0 Å². The molecule has 0 radical (unpaired) electrons. The third-order valence-corrected chi connectivity index (χ3v) is 3.00. The van der Waals surface area contributed by atoms with E-state index in [4.69, 9.17) is 11.6 Å².